The number of anilines is 1. The van der Waals surface area contributed by atoms with Crippen LogP contribution in [0, 0.1) is 16.0 Å². The topological polar surface area (TPSA) is 106 Å². The van der Waals surface area contributed by atoms with E-state index < -0.39 is 16.8 Å². The molecule has 20 heavy (non-hydrogen) atoms. The molecule has 1 aliphatic heterocycles. The van der Waals surface area contributed by atoms with Crippen molar-refractivity contribution >= 4 is 17.5 Å². The summed E-state index contributed by atoms with van der Waals surface area (Å²) in [4.78, 5) is 27.4. The molecule has 0 amide bonds. The highest BCUT2D eigenvalue weighted by Crippen LogP contribution is 2.35. The zero-order chi connectivity index (χ0) is 14.9. The monoisotopic (exact) mass is 281 g/mol. The van der Waals surface area contributed by atoms with Crippen molar-refractivity contribution in [1.29, 1.82) is 0 Å². The Labute approximate surface area is 115 Å². The molecule has 8 heteroatoms. The first-order valence-electron chi connectivity index (χ1n) is 6.14. The summed E-state index contributed by atoms with van der Waals surface area (Å²) in [5.74, 6) is -1.03. The third kappa shape index (κ3) is 2.36. The molecule has 1 aliphatic rings. The fourth-order valence-corrected chi connectivity index (χ4v) is 2.46. The van der Waals surface area contributed by atoms with Gasteiger partial charge in [0, 0.05) is 24.7 Å². The molecule has 0 bridgehead atoms. The molecule has 0 aromatic carbocycles. The van der Waals surface area contributed by atoms with Gasteiger partial charge in [0.2, 0.25) is 11.7 Å². The summed E-state index contributed by atoms with van der Waals surface area (Å²) in [6, 6.07) is 2.38. The molecule has 1 fully saturated rings. The standard InChI is InChI=1S/C12H15N3O5/c1-7-8(12(16)17)5-6-14(7)11-9(15(18)19)3-4-10(13-11)20-2/h3-4,7-8H,5-6H2,1-2H3,(H,16,17). The first-order chi connectivity index (χ1) is 9.45. The van der Waals surface area contributed by atoms with Gasteiger partial charge in [-0.2, -0.15) is 4.98 Å². The lowest BCUT2D eigenvalue weighted by Crippen LogP contribution is -2.33. The van der Waals surface area contributed by atoms with Crippen LogP contribution in [-0.4, -0.2) is 40.7 Å². The van der Waals surface area contributed by atoms with E-state index in [0.717, 1.165) is 0 Å². The predicted molar refractivity (Wildman–Crippen MR) is 70.0 cm³/mol. The van der Waals surface area contributed by atoms with Crippen molar-refractivity contribution in [2.24, 2.45) is 5.92 Å². The third-order valence-corrected chi connectivity index (χ3v) is 3.58. The highest BCUT2D eigenvalue weighted by atomic mass is 16.6. The lowest BCUT2D eigenvalue weighted by molar-refractivity contribution is -0.384. The largest absolute Gasteiger partial charge is 0.481 e. The zero-order valence-corrected chi connectivity index (χ0v) is 11.1. The maximum absolute atomic E-state index is 11.1. The fourth-order valence-electron chi connectivity index (χ4n) is 2.46. The van der Waals surface area contributed by atoms with Crippen LogP contribution in [-0.2, 0) is 4.79 Å². The van der Waals surface area contributed by atoms with Crippen LogP contribution < -0.4 is 9.64 Å². The molecule has 2 unspecified atom stereocenters. The van der Waals surface area contributed by atoms with Crippen LogP contribution in [0.15, 0.2) is 12.1 Å². The molecule has 1 aromatic rings. The van der Waals surface area contributed by atoms with E-state index in [1.54, 1.807) is 11.8 Å². The van der Waals surface area contributed by atoms with Crippen molar-refractivity contribution in [2.75, 3.05) is 18.6 Å². The Morgan fingerprint density at radius 1 is 1.60 bits per heavy atom. The number of rotatable bonds is 4. The minimum absolute atomic E-state index is 0.149. The number of carboxylic acid groups (broad SMARTS) is 1. The first kappa shape index (κ1) is 14.0. The van der Waals surface area contributed by atoms with Crippen LogP contribution in [0.2, 0.25) is 0 Å². The number of nitrogens with zero attached hydrogens (tertiary/aromatic N) is 3. The highest BCUT2D eigenvalue weighted by Gasteiger charge is 2.39. The minimum Gasteiger partial charge on any atom is -0.481 e. The Balaban J connectivity index is 2.41. The maximum Gasteiger partial charge on any atom is 0.311 e. The van der Waals surface area contributed by atoms with E-state index in [-0.39, 0.29) is 23.4 Å². The summed E-state index contributed by atoms with van der Waals surface area (Å²) >= 11 is 0. The smallest absolute Gasteiger partial charge is 0.311 e. The molecule has 1 N–H and O–H groups in total. The van der Waals surface area contributed by atoms with Crippen LogP contribution in [0.4, 0.5) is 11.5 Å². The van der Waals surface area contributed by atoms with Crippen molar-refractivity contribution in [3.63, 3.8) is 0 Å². The summed E-state index contributed by atoms with van der Waals surface area (Å²) in [7, 11) is 1.42. The average Bonchev–Trinajstić information content (AvgIpc) is 2.79. The Bertz CT molecular complexity index is 548. The predicted octanol–water partition coefficient (Wildman–Crippen LogP) is 1.30. The van der Waals surface area contributed by atoms with Crippen molar-refractivity contribution in [1.82, 2.24) is 4.98 Å². The number of nitro groups is 1. The molecule has 108 valence electrons. The van der Waals surface area contributed by atoms with Crippen LogP contribution in [0.5, 0.6) is 5.88 Å². The summed E-state index contributed by atoms with van der Waals surface area (Å²) in [6.07, 6.45) is 0.437. The summed E-state index contributed by atoms with van der Waals surface area (Å²) in [6.45, 7) is 2.15. The van der Waals surface area contributed by atoms with E-state index in [4.69, 9.17) is 9.84 Å². The first-order valence-corrected chi connectivity index (χ1v) is 6.14. The van der Waals surface area contributed by atoms with Gasteiger partial charge in [-0.3, -0.25) is 14.9 Å². The normalized spacial score (nSPS) is 21.8. The van der Waals surface area contributed by atoms with E-state index >= 15 is 0 Å². The third-order valence-electron chi connectivity index (χ3n) is 3.58. The Morgan fingerprint density at radius 2 is 2.30 bits per heavy atom. The van der Waals surface area contributed by atoms with E-state index in [2.05, 4.69) is 4.98 Å². The molecule has 0 aliphatic carbocycles. The molecular formula is C12H15N3O5. The van der Waals surface area contributed by atoms with E-state index in [9.17, 15) is 14.9 Å². The molecular weight excluding hydrogens is 266 g/mol. The van der Waals surface area contributed by atoms with Gasteiger partial charge in [-0.15, -0.1) is 0 Å². The Hall–Kier alpha value is -2.38. The molecule has 2 heterocycles. The molecule has 2 atom stereocenters. The number of ether oxygens (including phenoxy) is 1. The maximum atomic E-state index is 11.1. The second-order valence-electron chi connectivity index (χ2n) is 4.62. The Morgan fingerprint density at radius 3 is 2.80 bits per heavy atom. The van der Waals surface area contributed by atoms with Crippen LogP contribution >= 0.6 is 0 Å². The lowest BCUT2D eigenvalue weighted by Gasteiger charge is -2.24. The number of carbonyl (C=O) groups is 1. The van der Waals surface area contributed by atoms with Crippen molar-refractivity contribution in [2.45, 2.75) is 19.4 Å². The van der Waals surface area contributed by atoms with Gasteiger partial charge in [-0.25, -0.2) is 0 Å². The van der Waals surface area contributed by atoms with Crippen molar-refractivity contribution < 1.29 is 19.6 Å². The fraction of sp³-hybridized carbons (Fsp3) is 0.500. The van der Waals surface area contributed by atoms with Crippen LogP contribution in [0.3, 0.4) is 0 Å². The number of aromatic nitrogens is 1. The molecule has 2 rings (SSSR count). The van der Waals surface area contributed by atoms with Gasteiger partial charge in [0.25, 0.3) is 0 Å². The van der Waals surface area contributed by atoms with E-state index in [1.165, 1.54) is 19.2 Å². The second-order valence-corrected chi connectivity index (χ2v) is 4.62. The van der Waals surface area contributed by atoms with E-state index in [0.29, 0.717) is 13.0 Å². The molecule has 1 aromatic heterocycles. The molecule has 1 saturated heterocycles. The quantitative estimate of drug-likeness (QED) is 0.654. The van der Waals surface area contributed by atoms with Gasteiger partial charge in [-0.05, 0) is 13.3 Å². The second kappa shape index (κ2) is 5.32. The molecule has 0 radical (unpaired) electrons. The number of methoxy groups -OCH3 is 1. The lowest BCUT2D eigenvalue weighted by atomic mass is 10.0. The van der Waals surface area contributed by atoms with Gasteiger partial charge in [0.05, 0.1) is 18.0 Å². The van der Waals surface area contributed by atoms with Gasteiger partial charge < -0.3 is 14.7 Å². The highest BCUT2D eigenvalue weighted by molar-refractivity contribution is 5.73. The van der Waals surface area contributed by atoms with Gasteiger partial charge in [-0.1, -0.05) is 0 Å². The van der Waals surface area contributed by atoms with Crippen molar-refractivity contribution in [3.8, 4) is 5.88 Å². The van der Waals surface area contributed by atoms with Crippen molar-refractivity contribution in [3.05, 3.63) is 22.2 Å². The number of hydrogen-bond acceptors (Lipinski definition) is 6. The summed E-state index contributed by atoms with van der Waals surface area (Å²) in [5.41, 5.74) is -0.149. The number of carboxylic acids is 1. The molecule has 8 nitrogen and oxygen atoms in total. The van der Waals surface area contributed by atoms with Crippen LogP contribution in [0.1, 0.15) is 13.3 Å². The number of hydrogen-bond donors (Lipinski definition) is 1. The zero-order valence-electron chi connectivity index (χ0n) is 11.1. The number of aliphatic carboxylic acids is 1. The Kier molecular flexibility index (Phi) is 3.73. The number of pyridine rings is 1. The summed E-state index contributed by atoms with van der Waals surface area (Å²) < 4.78 is 4.98. The minimum atomic E-state index is -0.898. The average molecular weight is 281 g/mol. The van der Waals surface area contributed by atoms with Crippen LogP contribution in [0.25, 0.3) is 0 Å². The SMILES string of the molecule is COc1ccc([N+](=O)[O-])c(N2CCC(C(=O)O)C2C)n1. The van der Waals surface area contributed by atoms with Gasteiger partial charge in [0.15, 0.2) is 0 Å². The van der Waals surface area contributed by atoms with Gasteiger partial charge in [0.1, 0.15) is 0 Å². The molecule has 0 saturated carbocycles. The molecule has 0 spiro atoms. The van der Waals surface area contributed by atoms with E-state index in [1.807, 2.05) is 0 Å². The summed E-state index contributed by atoms with van der Waals surface area (Å²) in [5, 5.41) is 20.2. The van der Waals surface area contributed by atoms with Gasteiger partial charge >= 0.3 is 11.7 Å².